The van der Waals surface area contributed by atoms with E-state index >= 15 is 0 Å². The van der Waals surface area contributed by atoms with E-state index in [9.17, 15) is 14.4 Å². The summed E-state index contributed by atoms with van der Waals surface area (Å²) in [5, 5.41) is 9.03. The number of aliphatic carboxylic acids is 1. The van der Waals surface area contributed by atoms with Gasteiger partial charge in [-0.3, -0.25) is 9.59 Å². The molecule has 1 aromatic carbocycles. The monoisotopic (exact) mass is 450 g/mol. The van der Waals surface area contributed by atoms with Gasteiger partial charge in [0.25, 0.3) is 0 Å². The molecule has 0 bridgehead atoms. The quantitative estimate of drug-likeness (QED) is 0.197. The third kappa shape index (κ3) is 9.49. The summed E-state index contributed by atoms with van der Waals surface area (Å²) >= 11 is 0. The minimum absolute atomic E-state index is 0.172. The van der Waals surface area contributed by atoms with Crippen LogP contribution in [0.5, 0.6) is 11.5 Å². The standard InChI is InChI=1S/C23H30O9/c1-2-21(24)31-16-14-29-12-11-28-13-15-30-19-7-9-20(10-8-19)32-23(27)18-5-3-17(4-6-18)22(25)26/h2,7-10,17-18H,1,3-6,11-16H2,(H,25,26). The van der Waals surface area contributed by atoms with Gasteiger partial charge < -0.3 is 28.8 Å². The number of benzene rings is 1. The summed E-state index contributed by atoms with van der Waals surface area (Å²) in [5.41, 5.74) is 0. The van der Waals surface area contributed by atoms with Crippen molar-refractivity contribution in [3.63, 3.8) is 0 Å². The summed E-state index contributed by atoms with van der Waals surface area (Å²) < 4.78 is 26.4. The number of carbonyl (C=O) groups is 3. The van der Waals surface area contributed by atoms with Gasteiger partial charge in [0, 0.05) is 6.08 Å². The van der Waals surface area contributed by atoms with Crippen LogP contribution in [0.25, 0.3) is 0 Å². The van der Waals surface area contributed by atoms with Crippen molar-refractivity contribution in [1.29, 1.82) is 0 Å². The van der Waals surface area contributed by atoms with Gasteiger partial charge in [0.05, 0.1) is 38.3 Å². The van der Waals surface area contributed by atoms with E-state index in [2.05, 4.69) is 6.58 Å². The minimum atomic E-state index is -0.796. The molecule has 0 unspecified atom stereocenters. The van der Waals surface area contributed by atoms with E-state index < -0.39 is 11.9 Å². The SMILES string of the molecule is C=CC(=O)OCCOCCOCCOc1ccc(OC(=O)C2CCC(C(=O)O)CC2)cc1. The van der Waals surface area contributed by atoms with Gasteiger partial charge in [-0.1, -0.05) is 6.58 Å². The summed E-state index contributed by atoms with van der Waals surface area (Å²) in [6.07, 6.45) is 3.16. The number of hydrogen-bond acceptors (Lipinski definition) is 8. The van der Waals surface area contributed by atoms with Gasteiger partial charge in [0.15, 0.2) is 0 Å². The van der Waals surface area contributed by atoms with Crippen LogP contribution in [-0.4, -0.2) is 62.7 Å². The predicted molar refractivity (Wildman–Crippen MR) is 113 cm³/mol. The Balaban J connectivity index is 1.53. The van der Waals surface area contributed by atoms with Crippen molar-refractivity contribution in [3.8, 4) is 11.5 Å². The van der Waals surface area contributed by atoms with Crippen LogP contribution in [-0.2, 0) is 28.6 Å². The lowest BCUT2D eigenvalue weighted by atomic mass is 9.82. The smallest absolute Gasteiger partial charge is 0.330 e. The molecule has 1 N–H and O–H groups in total. The average Bonchev–Trinajstić information content (AvgIpc) is 2.81. The van der Waals surface area contributed by atoms with Gasteiger partial charge in [0.2, 0.25) is 0 Å². The van der Waals surface area contributed by atoms with Gasteiger partial charge in [0.1, 0.15) is 24.7 Å². The van der Waals surface area contributed by atoms with E-state index in [0.29, 0.717) is 70.2 Å². The first kappa shape index (κ1) is 25.4. The highest BCUT2D eigenvalue weighted by molar-refractivity contribution is 5.81. The molecule has 1 saturated carbocycles. The summed E-state index contributed by atoms with van der Waals surface area (Å²) in [4.78, 5) is 34.1. The number of ether oxygens (including phenoxy) is 5. The van der Waals surface area contributed by atoms with Gasteiger partial charge in [-0.2, -0.15) is 0 Å². The summed E-state index contributed by atoms with van der Waals surface area (Å²) in [7, 11) is 0. The maximum absolute atomic E-state index is 12.3. The fraction of sp³-hybridized carbons (Fsp3) is 0.522. The fourth-order valence-corrected chi connectivity index (χ4v) is 3.18. The second kappa shape index (κ2) is 14.2. The molecule has 1 fully saturated rings. The topological polar surface area (TPSA) is 118 Å². The van der Waals surface area contributed by atoms with E-state index in [1.165, 1.54) is 0 Å². The van der Waals surface area contributed by atoms with Crippen LogP contribution in [0, 0.1) is 11.8 Å². The number of carboxylic acid groups (broad SMARTS) is 1. The first-order chi connectivity index (χ1) is 15.5. The molecule has 0 amide bonds. The zero-order chi connectivity index (χ0) is 23.2. The Morgan fingerprint density at radius 2 is 1.38 bits per heavy atom. The summed E-state index contributed by atoms with van der Waals surface area (Å²) in [5.74, 6) is -1.17. The van der Waals surface area contributed by atoms with E-state index in [-0.39, 0.29) is 24.4 Å². The molecular formula is C23H30O9. The summed E-state index contributed by atoms with van der Waals surface area (Å²) in [6, 6.07) is 6.73. The molecule has 0 aliphatic heterocycles. The largest absolute Gasteiger partial charge is 0.491 e. The first-order valence-corrected chi connectivity index (χ1v) is 10.6. The predicted octanol–water partition coefficient (Wildman–Crippen LogP) is 2.62. The maximum Gasteiger partial charge on any atom is 0.330 e. The van der Waals surface area contributed by atoms with Crippen molar-refractivity contribution in [3.05, 3.63) is 36.9 Å². The highest BCUT2D eigenvalue weighted by atomic mass is 16.6. The van der Waals surface area contributed by atoms with Crippen LogP contribution in [0.2, 0.25) is 0 Å². The third-order valence-corrected chi connectivity index (χ3v) is 4.96. The third-order valence-electron chi connectivity index (χ3n) is 4.96. The Kier molecular flexibility index (Phi) is 11.3. The highest BCUT2D eigenvalue weighted by Crippen LogP contribution is 2.30. The van der Waals surface area contributed by atoms with Crippen molar-refractivity contribution in [2.75, 3.05) is 39.6 Å². The second-order valence-electron chi connectivity index (χ2n) is 7.22. The number of carbonyl (C=O) groups excluding carboxylic acids is 2. The molecule has 1 aliphatic carbocycles. The van der Waals surface area contributed by atoms with Crippen LogP contribution in [0.3, 0.4) is 0 Å². The Morgan fingerprint density at radius 1 is 0.844 bits per heavy atom. The molecular weight excluding hydrogens is 420 g/mol. The molecule has 0 atom stereocenters. The lowest BCUT2D eigenvalue weighted by Crippen LogP contribution is -2.28. The van der Waals surface area contributed by atoms with Crippen LogP contribution in [0.4, 0.5) is 0 Å². The number of hydrogen-bond donors (Lipinski definition) is 1. The van der Waals surface area contributed by atoms with E-state index in [4.69, 9.17) is 28.8 Å². The van der Waals surface area contributed by atoms with E-state index in [0.717, 1.165) is 6.08 Å². The molecule has 0 spiro atoms. The fourth-order valence-electron chi connectivity index (χ4n) is 3.18. The number of rotatable bonds is 14. The average molecular weight is 450 g/mol. The van der Waals surface area contributed by atoms with Gasteiger partial charge >= 0.3 is 17.9 Å². The van der Waals surface area contributed by atoms with Crippen molar-refractivity contribution >= 4 is 17.9 Å². The molecule has 32 heavy (non-hydrogen) atoms. The minimum Gasteiger partial charge on any atom is -0.491 e. The highest BCUT2D eigenvalue weighted by Gasteiger charge is 2.30. The second-order valence-corrected chi connectivity index (χ2v) is 7.22. The Hall–Kier alpha value is -2.91. The van der Waals surface area contributed by atoms with Crippen molar-refractivity contribution in [2.45, 2.75) is 25.7 Å². The van der Waals surface area contributed by atoms with Gasteiger partial charge in [-0.25, -0.2) is 4.79 Å². The lowest BCUT2D eigenvalue weighted by Gasteiger charge is -2.24. The van der Waals surface area contributed by atoms with Crippen LogP contribution in [0.1, 0.15) is 25.7 Å². The molecule has 9 heteroatoms. The Labute approximate surface area is 187 Å². The van der Waals surface area contributed by atoms with E-state index in [1.807, 2.05) is 0 Å². The van der Waals surface area contributed by atoms with Gasteiger partial charge in [-0.05, 0) is 49.9 Å². The van der Waals surface area contributed by atoms with Crippen LogP contribution in [0.15, 0.2) is 36.9 Å². The molecule has 0 saturated heterocycles. The first-order valence-electron chi connectivity index (χ1n) is 10.6. The molecule has 1 aromatic rings. The lowest BCUT2D eigenvalue weighted by molar-refractivity contribution is -0.146. The normalized spacial score (nSPS) is 17.9. The van der Waals surface area contributed by atoms with Crippen LogP contribution < -0.4 is 9.47 Å². The molecule has 1 aliphatic rings. The molecule has 176 valence electrons. The number of esters is 2. The molecule has 0 aromatic heterocycles. The van der Waals surface area contributed by atoms with E-state index in [1.54, 1.807) is 24.3 Å². The van der Waals surface area contributed by atoms with Crippen molar-refractivity contribution in [2.24, 2.45) is 11.8 Å². The zero-order valence-electron chi connectivity index (χ0n) is 18.0. The maximum atomic E-state index is 12.3. The molecule has 2 rings (SSSR count). The summed E-state index contributed by atoms with van der Waals surface area (Å²) in [6.45, 7) is 5.26. The Morgan fingerprint density at radius 3 is 1.97 bits per heavy atom. The van der Waals surface area contributed by atoms with Crippen molar-refractivity contribution in [1.82, 2.24) is 0 Å². The van der Waals surface area contributed by atoms with Crippen LogP contribution >= 0.6 is 0 Å². The molecule has 0 heterocycles. The number of carboxylic acids is 1. The Bertz CT molecular complexity index is 736. The molecule has 9 nitrogen and oxygen atoms in total. The zero-order valence-corrected chi connectivity index (χ0v) is 18.0. The van der Waals surface area contributed by atoms with Crippen molar-refractivity contribution < 1.29 is 43.2 Å². The van der Waals surface area contributed by atoms with Gasteiger partial charge in [-0.15, -0.1) is 0 Å². The molecule has 0 radical (unpaired) electrons.